The molecule has 0 aliphatic rings. The molecule has 0 atom stereocenters. The number of carbonyl (C=O) groups is 1. The summed E-state index contributed by atoms with van der Waals surface area (Å²) in [5.41, 5.74) is 5.15. The Morgan fingerprint density at radius 3 is 2.89 bits per heavy atom. The van der Waals surface area contributed by atoms with E-state index >= 15 is 0 Å². The van der Waals surface area contributed by atoms with Crippen molar-refractivity contribution >= 4 is 17.3 Å². The molecule has 0 saturated carbocycles. The Labute approximate surface area is 105 Å². The molecule has 0 radical (unpaired) electrons. The average molecular weight is 256 g/mol. The highest BCUT2D eigenvalue weighted by atomic mass is 19.1. The van der Waals surface area contributed by atoms with E-state index in [1.807, 2.05) is 6.92 Å². The minimum absolute atomic E-state index is 0.230. The van der Waals surface area contributed by atoms with Crippen LogP contribution < -0.4 is 11.1 Å². The Morgan fingerprint density at radius 1 is 1.56 bits per heavy atom. The predicted molar refractivity (Wildman–Crippen MR) is 67.4 cm³/mol. The normalized spacial score (nSPS) is 10.3. The van der Waals surface area contributed by atoms with Gasteiger partial charge in [-0.25, -0.2) is 9.18 Å². The number of aromatic carboxylic acids is 1. The maximum Gasteiger partial charge on any atom is 0.340 e. The summed E-state index contributed by atoms with van der Waals surface area (Å²) in [5.74, 6) is -1.98. The van der Waals surface area contributed by atoms with Gasteiger partial charge in [0.15, 0.2) is 0 Å². The van der Waals surface area contributed by atoms with E-state index in [-0.39, 0.29) is 11.3 Å². The van der Waals surface area contributed by atoms with Crippen LogP contribution in [0.2, 0.25) is 0 Å². The number of hydrogen-bond acceptors (Lipinski definition) is 4. The fourth-order valence-corrected chi connectivity index (χ4v) is 1.51. The van der Waals surface area contributed by atoms with Gasteiger partial charge in [0.1, 0.15) is 11.4 Å². The number of ether oxygens (including phenoxy) is 1. The summed E-state index contributed by atoms with van der Waals surface area (Å²) >= 11 is 0. The summed E-state index contributed by atoms with van der Waals surface area (Å²) in [6.07, 6.45) is 0.726. The minimum Gasteiger partial charge on any atom is -0.478 e. The first-order chi connectivity index (χ1) is 8.57. The number of carboxylic acids is 1. The number of halogens is 1. The van der Waals surface area contributed by atoms with Crippen LogP contribution in [0.4, 0.5) is 15.8 Å². The number of hydrogen-bond donors (Lipinski definition) is 3. The van der Waals surface area contributed by atoms with Crippen molar-refractivity contribution < 1.29 is 19.0 Å². The summed E-state index contributed by atoms with van der Waals surface area (Å²) < 4.78 is 18.3. The van der Waals surface area contributed by atoms with Crippen LogP contribution in [-0.2, 0) is 4.74 Å². The number of anilines is 2. The van der Waals surface area contributed by atoms with E-state index < -0.39 is 11.8 Å². The number of nitrogens with two attached hydrogens (primary N) is 1. The highest BCUT2D eigenvalue weighted by molar-refractivity contribution is 6.00. The Hall–Kier alpha value is -1.82. The van der Waals surface area contributed by atoms with E-state index in [1.165, 1.54) is 6.07 Å². The molecule has 0 aliphatic carbocycles. The fraction of sp³-hybridized carbons (Fsp3) is 0.417. The Morgan fingerprint density at radius 2 is 2.28 bits per heavy atom. The molecule has 0 bridgehead atoms. The molecule has 0 spiro atoms. The molecule has 4 N–H and O–H groups in total. The van der Waals surface area contributed by atoms with Gasteiger partial charge in [0.2, 0.25) is 0 Å². The van der Waals surface area contributed by atoms with E-state index in [1.54, 1.807) is 0 Å². The number of rotatable bonds is 7. The third kappa shape index (κ3) is 3.59. The maximum absolute atomic E-state index is 13.2. The largest absolute Gasteiger partial charge is 0.478 e. The van der Waals surface area contributed by atoms with E-state index in [0.29, 0.717) is 25.4 Å². The topological polar surface area (TPSA) is 84.6 Å². The lowest BCUT2D eigenvalue weighted by Gasteiger charge is -2.11. The van der Waals surface area contributed by atoms with Crippen LogP contribution in [0.25, 0.3) is 0 Å². The monoisotopic (exact) mass is 256 g/mol. The van der Waals surface area contributed by atoms with E-state index in [0.717, 1.165) is 12.5 Å². The average Bonchev–Trinajstić information content (AvgIpc) is 2.33. The van der Waals surface area contributed by atoms with Gasteiger partial charge in [-0.1, -0.05) is 0 Å². The standard InChI is InChI=1S/C12H17FN2O3/c1-2-18-7-3-6-15-9-5-4-8(13)11(14)10(9)12(16)17/h4-5,15H,2-3,6-7,14H2,1H3,(H,16,17). The molecule has 0 heterocycles. The van der Waals surface area contributed by atoms with Crippen molar-refractivity contribution in [3.63, 3.8) is 0 Å². The third-order valence-electron chi connectivity index (χ3n) is 2.39. The zero-order valence-electron chi connectivity index (χ0n) is 10.2. The predicted octanol–water partition coefficient (Wildman–Crippen LogP) is 1.94. The summed E-state index contributed by atoms with van der Waals surface area (Å²) in [4.78, 5) is 11.0. The second-order valence-corrected chi connectivity index (χ2v) is 3.67. The number of nitrogens with one attached hydrogen (secondary N) is 1. The van der Waals surface area contributed by atoms with Gasteiger partial charge >= 0.3 is 5.97 Å². The lowest BCUT2D eigenvalue weighted by molar-refractivity contribution is 0.0698. The molecule has 1 rings (SSSR count). The number of benzene rings is 1. The lowest BCUT2D eigenvalue weighted by atomic mass is 10.1. The first kappa shape index (κ1) is 14.2. The molecule has 1 aromatic carbocycles. The summed E-state index contributed by atoms with van der Waals surface area (Å²) in [7, 11) is 0. The molecule has 100 valence electrons. The van der Waals surface area contributed by atoms with Crippen LogP contribution >= 0.6 is 0 Å². The van der Waals surface area contributed by atoms with Crippen molar-refractivity contribution in [3.8, 4) is 0 Å². The molecule has 0 aliphatic heterocycles. The van der Waals surface area contributed by atoms with Gasteiger partial charge < -0.3 is 20.9 Å². The molecule has 5 nitrogen and oxygen atoms in total. The zero-order valence-corrected chi connectivity index (χ0v) is 10.2. The van der Waals surface area contributed by atoms with Gasteiger partial charge in [-0.3, -0.25) is 0 Å². The van der Waals surface area contributed by atoms with Gasteiger partial charge in [-0.2, -0.15) is 0 Å². The maximum atomic E-state index is 13.2. The van der Waals surface area contributed by atoms with Crippen molar-refractivity contribution in [2.45, 2.75) is 13.3 Å². The molecule has 1 aromatic rings. The Bertz CT molecular complexity index is 424. The summed E-state index contributed by atoms with van der Waals surface area (Å²) in [6, 6.07) is 2.52. The second kappa shape index (κ2) is 6.80. The number of nitrogen functional groups attached to an aromatic ring is 1. The first-order valence-corrected chi connectivity index (χ1v) is 5.70. The molecular weight excluding hydrogens is 239 g/mol. The van der Waals surface area contributed by atoms with Gasteiger partial charge in [0.05, 0.1) is 11.4 Å². The van der Waals surface area contributed by atoms with E-state index in [9.17, 15) is 9.18 Å². The van der Waals surface area contributed by atoms with E-state index in [4.69, 9.17) is 15.6 Å². The van der Waals surface area contributed by atoms with Crippen molar-refractivity contribution in [2.24, 2.45) is 0 Å². The first-order valence-electron chi connectivity index (χ1n) is 5.70. The Kier molecular flexibility index (Phi) is 5.38. The lowest BCUT2D eigenvalue weighted by Crippen LogP contribution is -2.12. The molecular formula is C12H17FN2O3. The SMILES string of the molecule is CCOCCCNc1ccc(F)c(N)c1C(=O)O. The van der Waals surface area contributed by atoms with Crippen LogP contribution in [0.15, 0.2) is 12.1 Å². The molecule has 0 saturated heterocycles. The number of carboxylic acid groups (broad SMARTS) is 1. The van der Waals surface area contributed by atoms with Gasteiger partial charge in [0.25, 0.3) is 0 Å². The van der Waals surface area contributed by atoms with Crippen molar-refractivity contribution in [3.05, 3.63) is 23.5 Å². The van der Waals surface area contributed by atoms with Crippen LogP contribution in [0.5, 0.6) is 0 Å². The molecule has 0 unspecified atom stereocenters. The fourth-order valence-electron chi connectivity index (χ4n) is 1.51. The molecule has 0 aromatic heterocycles. The molecule has 6 heteroatoms. The van der Waals surface area contributed by atoms with Crippen molar-refractivity contribution in [1.29, 1.82) is 0 Å². The van der Waals surface area contributed by atoms with Crippen molar-refractivity contribution in [2.75, 3.05) is 30.8 Å². The van der Waals surface area contributed by atoms with E-state index in [2.05, 4.69) is 5.32 Å². The minimum atomic E-state index is -1.25. The second-order valence-electron chi connectivity index (χ2n) is 3.67. The smallest absolute Gasteiger partial charge is 0.340 e. The Balaban J connectivity index is 2.70. The van der Waals surface area contributed by atoms with Crippen LogP contribution in [0.1, 0.15) is 23.7 Å². The van der Waals surface area contributed by atoms with Crippen LogP contribution in [-0.4, -0.2) is 30.8 Å². The summed E-state index contributed by atoms with van der Waals surface area (Å²) in [5, 5.41) is 11.9. The third-order valence-corrected chi connectivity index (χ3v) is 2.39. The van der Waals surface area contributed by atoms with Crippen LogP contribution in [0, 0.1) is 5.82 Å². The highest BCUT2D eigenvalue weighted by Gasteiger charge is 2.16. The van der Waals surface area contributed by atoms with Gasteiger partial charge in [-0.05, 0) is 25.5 Å². The molecule has 18 heavy (non-hydrogen) atoms. The van der Waals surface area contributed by atoms with Gasteiger partial charge in [0, 0.05) is 19.8 Å². The van der Waals surface area contributed by atoms with Crippen LogP contribution in [0.3, 0.4) is 0 Å². The summed E-state index contributed by atoms with van der Waals surface area (Å²) in [6.45, 7) is 3.66. The van der Waals surface area contributed by atoms with Crippen molar-refractivity contribution in [1.82, 2.24) is 0 Å². The molecule has 0 amide bonds. The molecule has 0 fully saturated rings. The quantitative estimate of drug-likeness (QED) is 0.513. The van der Waals surface area contributed by atoms with Gasteiger partial charge in [-0.15, -0.1) is 0 Å². The highest BCUT2D eigenvalue weighted by Crippen LogP contribution is 2.25. The zero-order chi connectivity index (χ0) is 13.5.